The van der Waals surface area contributed by atoms with Gasteiger partial charge in [-0.1, -0.05) is 48.5 Å². The Hall–Kier alpha value is -4.85. The summed E-state index contributed by atoms with van der Waals surface area (Å²) in [5.74, 6) is -2.06. The second kappa shape index (κ2) is 9.18. The van der Waals surface area contributed by atoms with Crippen LogP contribution in [0.4, 0.5) is 11.4 Å². The number of hydrogen-bond acceptors (Lipinski definition) is 5. The van der Waals surface area contributed by atoms with E-state index in [0.717, 1.165) is 10.3 Å². The van der Waals surface area contributed by atoms with Crippen LogP contribution in [0, 0.1) is 0 Å². The fourth-order valence-electron chi connectivity index (χ4n) is 4.07. The van der Waals surface area contributed by atoms with Crippen molar-refractivity contribution in [1.29, 1.82) is 0 Å². The van der Waals surface area contributed by atoms with Gasteiger partial charge in [0, 0.05) is 17.3 Å². The first-order chi connectivity index (χ1) is 17.0. The van der Waals surface area contributed by atoms with Crippen LogP contribution in [-0.4, -0.2) is 46.6 Å². The number of benzene rings is 3. The first kappa shape index (κ1) is 22.0. The molecule has 3 aromatic carbocycles. The highest BCUT2D eigenvalue weighted by molar-refractivity contribution is 6.23. The predicted molar refractivity (Wildman–Crippen MR) is 131 cm³/mol. The summed E-state index contributed by atoms with van der Waals surface area (Å²) in [6.45, 7) is -0.792. The number of fused-ring (bicyclic) bond motifs is 2. The number of nitrogens with one attached hydrogen (secondary N) is 1. The molecule has 0 unspecified atom stereocenters. The minimum Gasteiger partial charge on any atom is -0.323 e. The Bertz CT molecular complexity index is 1430. The fourth-order valence-corrected chi connectivity index (χ4v) is 4.07. The van der Waals surface area contributed by atoms with Crippen LogP contribution in [0.3, 0.4) is 0 Å². The molecule has 0 radical (unpaired) electrons. The Morgan fingerprint density at radius 1 is 0.800 bits per heavy atom. The number of anilines is 2. The van der Waals surface area contributed by atoms with E-state index in [2.05, 4.69) is 10.3 Å². The molecular formula is C27H20N4O4. The molecule has 1 N–H and O–H groups in total. The normalized spacial score (nSPS) is 12.5. The maximum atomic E-state index is 13.3. The van der Waals surface area contributed by atoms with E-state index in [9.17, 15) is 19.2 Å². The molecule has 4 aromatic rings. The van der Waals surface area contributed by atoms with Gasteiger partial charge in [-0.2, -0.15) is 0 Å². The van der Waals surface area contributed by atoms with Crippen molar-refractivity contribution in [3.8, 4) is 0 Å². The lowest BCUT2D eigenvalue weighted by Gasteiger charge is -2.24. The van der Waals surface area contributed by atoms with Gasteiger partial charge in [0.1, 0.15) is 13.1 Å². The van der Waals surface area contributed by atoms with Crippen LogP contribution < -0.4 is 10.2 Å². The van der Waals surface area contributed by atoms with Gasteiger partial charge in [0.25, 0.3) is 11.8 Å². The van der Waals surface area contributed by atoms with Gasteiger partial charge < -0.3 is 10.2 Å². The van der Waals surface area contributed by atoms with Crippen LogP contribution in [0.5, 0.6) is 0 Å². The molecule has 0 saturated carbocycles. The minimum absolute atomic E-state index is 0.262. The van der Waals surface area contributed by atoms with Crippen molar-refractivity contribution in [3.63, 3.8) is 0 Å². The third-order valence-corrected chi connectivity index (χ3v) is 5.75. The third-order valence-electron chi connectivity index (χ3n) is 5.75. The van der Waals surface area contributed by atoms with Gasteiger partial charge in [0.05, 0.1) is 22.3 Å². The number of para-hydroxylation sites is 2. The molecule has 0 bridgehead atoms. The van der Waals surface area contributed by atoms with Crippen molar-refractivity contribution in [2.24, 2.45) is 0 Å². The molecule has 8 nitrogen and oxygen atoms in total. The summed E-state index contributed by atoms with van der Waals surface area (Å²) in [6.07, 6.45) is 1.64. The Morgan fingerprint density at radius 2 is 1.46 bits per heavy atom. The molecule has 0 aliphatic carbocycles. The molecule has 172 valence electrons. The molecule has 0 spiro atoms. The lowest BCUT2D eigenvalue weighted by Crippen LogP contribution is -2.45. The summed E-state index contributed by atoms with van der Waals surface area (Å²) in [7, 11) is 0. The first-order valence-electron chi connectivity index (χ1n) is 11.0. The van der Waals surface area contributed by atoms with E-state index in [1.807, 2.05) is 24.3 Å². The number of hydrogen-bond donors (Lipinski definition) is 1. The molecule has 8 heteroatoms. The van der Waals surface area contributed by atoms with E-state index in [0.29, 0.717) is 16.9 Å². The van der Waals surface area contributed by atoms with E-state index in [-0.39, 0.29) is 17.7 Å². The summed E-state index contributed by atoms with van der Waals surface area (Å²) >= 11 is 0. The molecule has 5 rings (SSSR count). The number of imide groups is 1. The van der Waals surface area contributed by atoms with Gasteiger partial charge in [-0.05, 0) is 36.4 Å². The number of pyridine rings is 1. The molecule has 0 fully saturated rings. The second-order valence-corrected chi connectivity index (χ2v) is 7.99. The number of carbonyl (C=O) groups excluding carboxylic acids is 4. The van der Waals surface area contributed by atoms with E-state index in [1.165, 1.54) is 4.90 Å². The molecule has 4 amide bonds. The molecular weight excluding hydrogens is 444 g/mol. The highest BCUT2D eigenvalue weighted by Crippen LogP contribution is 2.24. The van der Waals surface area contributed by atoms with Crippen molar-refractivity contribution in [2.75, 3.05) is 23.3 Å². The molecule has 0 atom stereocenters. The maximum Gasteiger partial charge on any atom is 0.262 e. The highest BCUT2D eigenvalue weighted by atomic mass is 16.2. The SMILES string of the molecule is O=C(CN(C(=O)CN1C(=O)c2ccccc2C1=O)c1ccccc1)Nc1cccc2cccnc12. The number of rotatable bonds is 6. The third kappa shape index (κ3) is 4.24. The first-order valence-corrected chi connectivity index (χ1v) is 11.0. The minimum atomic E-state index is -0.558. The summed E-state index contributed by atoms with van der Waals surface area (Å²) < 4.78 is 0. The van der Waals surface area contributed by atoms with Gasteiger partial charge in [-0.3, -0.25) is 29.1 Å². The van der Waals surface area contributed by atoms with Crippen molar-refractivity contribution in [1.82, 2.24) is 9.88 Å². The van der Waals surface area contributed by atoms with Crippen molar-refractivity contribution in [2.45, 2.75) is 0 Å². The number of carbonyl (C=O) groups is 4. The Morgan fingerprint density at radius 3 is 2.17 bits per heavy atom. The Labute approximate surface area is 200 Å². The number of amides is 4. The topological polar surface area (TPSA) is 99.7 Å². The second-order valence-electron chi connectivity index (χ2n) is 7.99. The number of nitrogens with zero attached hydrogens (tertiary/aromatic N) is 3. The van der Waals surface area contributed by atoms with Gasteiger partial charge >= 0.3 is 0 Å². The van der Waals surface area contributed by atoms with Gasteiger partial charge in [0.15, 0.2) is 0 Å². The average Bonchev–Trinajstić information content (AvgIpc) is 3.13. The molecule has 0 saturated heterocycles. The monoisotopic (exact) mass is 464 g/mol. The van der Waals surface area contributed by atoms with Crippen LogP contribution in [-0.2, 0) is 9.59 Å². The van der Waals surface area contributed by atoms with Gasteiger partial charge in [-0.15, -0.1) is 0 Å². The van der Waals surface area contributed by atoms with E-state index < -0.39 is 30.2 Å². The van der Waals surface area contributed by atoms with Crippen LogP contribution in [0.25, 0.3) is 10.9 Å². The molecule has 1 aliphatic heterocycles. The quantitative estimate of drug-likeness (QED) is 0.440. The zero-order chi connectivity index (χ0) is 24.4. The van der Waals surface area contributed by atoms with Crippen LogP contribution >= 0.6 is 0 Å². The van der Waals surface area contributed by atoms with Crippen molar-refractivity contribution >= 4 is 45.9 Å². The highest BCUT2D eigenvalue weighted by Gasteiger charge is 2.37. The largest absolute Gasteiger partial charge is 0.323 e. The lowest BCUT2D eigenvalue weighted by molar-refractivity contribution is -0.121. The summed E-state index contributed by atoms with van der Waals surface area (Å²) in [4.78, 5) is 58.3. The van der Waals surface area contributed by atoms with E-state index in [1.54, 1.807) is 66.9 Å². The Balaban J connectivity index is 1.37. The standard InChI is InChI=1S/C27H20N4O4/c32-23(29-22-14-6-8-18-9-7-15-28-25(18)22)16-30(19-10-2-1-3-11-19)24(33)17-31-26(34)20-12-4-5-13-21(20)27(31)35/h1-15H,16-17H2,(H,29,32). The molecule has 1 aliphatic rings. The van der Waals surface area contributed by atoms with Crippen LogP contribution in [0.15, 0.2) is 91.1 Å². The van der Waals surface area contributed by atoms with Crippen LogP contribution in [0.1, 0.15) is 20.7 Å². The molecule has 2 heterocycles. The zero-order valence-electron chi connectivity index (χ0n) is 18.5. The van der Waals surface area contributed by atoms with Crippen molar-refractivity contribution in [3.05, 3.63) is 102 Å². The van der Waals surface area contributed by atoms with Crippen molar-refractivity contribution < 1.29 is 19.2 Å². The van der Waals surface area contributed by atoms with E-state index >= 15 is 0 Å². The fraction of sp³-hybridized carbons (Fsp3) is 0.0741. The smallest absolute Gasteiger partial charge is 0.262 e. The summed E-state index contributed by atoms with van der Waals surface area (Å²) in [5.41, 5.74) is 2.15. The average molecular weight is 464 g/mol. The molecule has 35 heavy (non-hydrogen) atoms. The number of aromatic nitrogens is 1. The zero-order valence-corrected chi connectivity index (χ0v) is 18.5. The summed E-state index contributed by atoms with van der Waals surface area (Å²) in [6, 6.07) is 24.2. The molecule has 1 aromatic heterocycles. The van der Waals surface area contributed by atoms with Gasteiger partial charge in [0.2, 0.25) is 11.8 Å². The van der Waals surface area contributed by atoms with Crippen LogP contribution in [0.2, 0.25) is 0 Å². The van der Waals surface area contributed by atoms with Gasteiger partial charge in [-0.25, -0.2) is 0 Å². The Kier molecular flexibility index (Phi) is 5.76. The van der Waals surface area contributed by atoms with E-state index in [4.69, 9.17) is 0 Å². The maximum absolute atomic E-state index is 13.3. The lowest BCUT2D eigenvalue weighted by atomic mass is 10.1. The summed E-state index contributed by atoms with van der Waals surface area (Å²) in [5, 5.41) is 3.69. The predicted octanol–water partition coefficient (Wildman–Crippen LogP) is 3.50.